The lowest BCUT2D eigenvalue weighted by atomic mass is 9.65. The molecule has 9 rings (SSSR count). The fourth-order valence-corrected chi connectivity index (χ4v) is 8.05. The topological polar surface area (TPSA) is 130 Å². The highest BCUT2D eigenvalue weighted by Crippen LogP contribution is 2.55. The van der Waals surface area contributed by atoms with Gasteiger partial charge < -0.3 is 38.7 Å². The molecular weight excluding hydrogens is 669 g/mol. The van der Waals surface area contributed by atoms with Crippen LogP contribution in [0.3, 0.4) is 0 Å². The number of fused-ring (bicyclic) bond motifs is 6. The van der Waals surface area contributed by atoms with Gasteiger partial charge in [-0.1, -0.05) is 30.3 Å². The fourth-order valence-electron chi connectivity index (χ4n) is 8.05. The highest BCUT2D eigenvalue weighted by molar-refractivity contribution is 6.13. The Morgan fingerprint density at radius 3 is 2.35 bits per heavy atom. The molecule has 2 aliphatic heterocycles. The van der Waals surface area contributed by atoms with Crippen LogP contribution in [0.2, 0.25) is 0 Å². The molecular formula is C40H32FN3O8. The molecule has 1 fully saturated rings. The summed E-state index contributed by atoms with van der Waals surface area (Å²) < 4.78 is 48.8. The average molecular weight is 702 g/mol. The van der Waals surface area contributed by atoms with Crippen LogP contribution in [0, 0.1) is 17.7 Å². The Morgan fingerprint density at radius 2 is 1.62 bits per heavy atom. The number of rotatable bonds is 7. The third kappa shape index (κ3) is 4.89. The molecule has 0 bridgehead atoms. The Morgan fingerprint density at radius 1 is 0.865 bits per heavy atom. The number of amides is 1. The molecule has 4 aromatic carbocycles. The minimum atomic E-state index is -0.687. The second-order valence-electron chi connectivity index (χ2n) is 13.0. The SMILES string of the molecule is COc1cc([C@@H]2c3cc4c(cc3[C@@H](NC(=O)c3cc5c([nH]c6ccccc65)c(-c5cccc(F)c5)n3)[C@H]3COC(=O)[C@H]23)OCO4)cc(OC)c1OC. The van der Waals surface area contributed by atoms with Crippen molar-refractivity contribution in [1.29, 1.82) is 0 Å². The zero-order chi connectivity index (χ0) is 35.7. The van der Waals surface area contributed by atoms with E-state index in [9.17, 15) is 14.0 Å². The van der Waals surface area contributed by atoms with Crippen molar-refractivity contribution in [1.82, 2.24) is 15.3 Å². The van der Waals surface area contributed by atoms with Gasteiger partial charge in [0.2, 0.25) is 12.5 Å². The summed E-state index contributed by atoms with van der Waals surface area (Å²) in [5, 5.41) is 4.88. The number of cyclic esters (lactones) is 1. The van der Waals surface area contributed by atoms with Gasteiger partial charge in [-0.25, -0.2) is 9.37 Å². The minimum absolute atomic E-state index is 0.0381. The van der Waals surface area contributed by atoms with Gasteiger partial charge in [-0.05, 0) is 65.2 Å². The van der Waals surface area contributed by atoms with Crippen molar-refractivity contribution >= 4 is 33.7 Å². The van der Waals surface area contributed by atoms with Crippen LogP contribution in [0.4, 0.5) is 4.39 Å². The van der Waals surface area contributed by atoms with Gasteiger partial charge in [-0.15, -0.1) is 0 Å². The van der Waals surface area contributed by atoms with E-state index < -0.39 is 41.5 Å². The predicted molar refractivity (Wildman–Crippen MR) is 188 cm³/mol. The number of carbonyl (C=O) groups is 2. The smallest absolute Gasteiger partial charge is 0.310 e. The number of aromatic nitrogens is 2. The molecule has 1 aliphatic carbocycles. The Hall–Kier alpha value is -6.30. The van der Waals surface area contributed by atoms with Gasteiger partial charge in [-0.2, -0.15) is 0 Å². The zero-order valence-electron chi connectivity index (χ0n) is 28.3. The summed E-state index contributed by atoms with van der Waals surface area (Å²) in [4.78, 5) is 36.4. The first-order valence-corrected chi connectivity index (χ1v) is 16.7. The van der Waals surface area contributed by atoms with Crippen molar-refractivity contribution in [2.45, 2.75) is 12.0 Å². The molecule has 1 amide bonds. The number of hydrogen-bond donors (Lipinski definition) is 2. The highest BCUT2D eigenvalue weighted by Gasteiger charge is 2.53. The summed E-state index contributed by atoms with van der Waals surface area (Å²) in [6.07, 6.45) is 0. The number of nitrogens with one attached hydrogen (secondary N) is 2. The molecule has 6 aromatic rings. The van der Waals surface area contributed by atoms with Crippen molar-refractivity contribution in [2.75, 3.05) is 34.7 Å². The first-order valence-electron chi connectivity index (χ1n) is 16.7. The number of ether oxygens (including phenoxy) is 6. The van der Waals surface area contributed by atoms with E-state index >= 15 is 0 Å². The number of aromatic amines is 1. The van der Waals surface area contributed by atoms with Gasteiger partial charge >= 0.3 is 5.97 Å². The van der Waals surface area contributed by atoms with Crippen LogP contribution < -0.4 is 29.0 Å². The molecule has 52 heavy (non-hydrogen) atoms. The van der Waals surface area contributed by atoms with E-state index in [1.54, 1.807) is 18.2 Å². The Bertz CT molecular complexity index is 2420. The molecule has 4 atom stereocenters. The van der Waals surface area contributed by atoms with Crippen LogP contribution in [-0.2, 0) is 9.53 Å². The first-order chi connectivity index (χ1) is 25.4. The Kier molecular flexibility index (Phi) is 7.42. The summed E-state index contributed by atoms with van der Waals surface area (Å²) in [5.74, 6) is -0.615. The molecule has 12 heteroatoms. The molecule has 0 unspecified atom stereocenters. The molecule has 0 radical (unpaired) electrons. The maximum absolute atomic E-state index is 14.5. The van der Waals surface area contributed by atoms with E-state index in [1.165, 1.54) is 33.5 Å². The third-order valence-corrected chi connectivity index (χ3v) is 10.3. The van der Waals surface area contributed by atoms with Crippen LogP contribution in [0.5, 0.6) is 28.7 Å². The van der Waals surface area contributed by atoms with Crippen LogP contribution in [0.25, 0.3) is 33.1 Å². The maximum atomic E-state index is 14.5. The van der Waals surface area contributed by atoms with E-state index in [2.05, 4.69) is 10.3 Å². The van der Waals surface area contributed by atoms with Crippen molar-refractivity contribution in [3.8, 4) is 40.0 Å². The van der Waals surface area contributed by atoms with Gasteiger partial charge in [-0.3, -0.25) is 9.59 Å². The Balaban J connectivity index is 1.19. The first kappa shape index (κ1) is 31.7. The molecule has 262 valence electrons. The molecule has 4 heterocycles. The number of hydrogen-bond acceptors (Lipinski definition) is 9. The third-order valence-electron chi connectivity index (χ3n) is 10.3. The van der Waals surface area contributed by atoms with E-state index in [0.717, 1.165) is 33.0 Å². The number of nitrogens with zero attached hydrogens (tertiary/aromatic N) is 1. The van der Waals surface area contributed by atoms with Gasteiger partial charge in [0, 0.05) is 33.7 Å². The number of halogens is 1. The summed E-state index contributed by atoms with van der Waals surface area (Å²) in [6.45, 7) is 0.114. The van der Waals surface area contributed by atoms with Crippen molar-refractivity contribution in [2.24, 2.45) is 11.8 Å². The lowest BCUT2D eigenvalue weighted by molar-refractivity contribution is -0.141. The molecule has 0 spiro atoms. The summed E-state index contributed by atoms with van der Waals surface area (Å²) in [7, 11) is 4.60. The summed E-state index contributed by atoms with van der Waals surface area (Å²) >= 11 is 0. The number of benzene rings is 4. The molecule has 2 aromatic heterocycles. The molecule has 0 saturated carbocycles. The van der Waals surface area contributed by atoms with E-state index in [1.807, 2.05) is 48.5 Å². The van der Waals surface area contributed by atoms with Crippen molar-refractivity contribution in [3.63, 3.8) is 0 Å². The molecule has 1 saturated heterocycles. The zero-order valence-corrected chi connectivity index (χ0v) is 28.3. The molecule has 2 N–H and O–H groups in total. The number of pyridine rings is 1. The van der Waals surface area contributed by atoms with Crippen LogP contribution in [0.15, 0.2) is 78.9 Å². The predicted octanol–water partition coefficient (Wildman–Crippen LogP) is 6.68. The van der Waals surface area contributed by atoms with E-state index in [-0.39, 0.29) is 19.1 Å². The monoisotopic (exact) mass is 701 g/mol. The largest absolute Gasteiger partial charge is 0.493 e. The molecule has 3 aliphatic rings. The summed E-state index contributed by atoms with van der Waals surface area (Å²) in [5.41, 5.74) is 4.86. The van der Waals surface area contributed by atoms with Crippen molar-refractivity contribution in [3.05, 3.63) is 107 Å². The van der Waals surface area contributed by atoms with Gasteiger partial charge in [0.15, 0.2) is 23.0 Å². The maximum Gasteiger partial charge on any atom is 0.310 e. The minimum Gasteiger partial charge on any atom is -0.493 e. The van der Waals surface area contributed by atoms with Gasteiger partial charge in [0.25, 0.3) is 5.91 Å². The fraction of sp³-hybridized carbons (Fsp3) is 0.225. The van der Waals surface area contributed by atoms with E-state index in [0.29, 0.717) is 45.5 Å². The summed E-state index contributed by atoms with van der Waals surface area (Å²) in [6, 6.07) is 22.3. The van der Waals surface area contributed by atoms with Crippen LogP contribution in [-0.4, -0.2) is 56.6 Å². The van der Waals surface area contributed by atoms with Gasteiger partial charge in [0.05, 0.1) is 51.1 Å². The second kappa shape index (κ2) is 12.2. The highest BCUT2D eigenvalue weighted by atomic mass is 19.1. The number of methoxy groups -OCH3 is 3. The average Bonchev–Trinajstić information content (AvgIpc) is 3.89. The van der Waals surface area contributed by atoms with Crippen LogP contribution >= 0.6 is 0 Å². The van der Waals surface area contributed by atoms with Crippen molar-refractivity contribution < 1.29 is 42.4 Å². The number of H-pyrrole nitrogens is 1. The number of carbonyl (C=O) groups excluding carboxylic acids is 2. The quantitative estimate of drug-likeness (QED) is 0.175. The van der Waals surface area contributed by atoms with Gasteiger partial charge in [0.1, 0.15) is 11.5 Å². The van der Waals surface area contributed by atoms with E-state index in [4.69, 9.17) is 33.4 Å². The standard InChI is InChI=1S/C40H32FN3O8/c1-47-31-12-20(13-32(48-2)38(31)49-3)33-23-15-29-30(52-18-51-29)16-25(23)36(26-17-50-40(46)34(26)33)44-39(45)28-14-24-22-9-4-5-10-27(22)42-37(24)35(43-28)19-7-6-8-21(41)11-19/h4-16,26,33-34,36,42H,17-18H2,1-3H3,(H,44,45)/t26-,33+,34-,36+/m0/s1. The lowest BCUT2D eigenvalue weighted by Gasteiger charge is -2.39. The van der Waals surface area contributed by atoms with Crippen LogP contribution in [0.1, 0.15) is 39.1 Å². The normalized spacial score (nSPS) is 20.0. The second-order valence-corrected chi connectivity index (χ2v) is 13.0. The Labute approximate surface area is 296 Å². The number of esters is 1. The lowest BCUT2D eigenvalue weighted by Crippen LogP contribution is -2.43. The number of para-hydroxylation sites is 1. The molecule has 11 nitrogen and oxygen atoms in total.